The zero-order chi connectivity index (χ0) is 23.4. The molecule has 0 radical (unpaired) electrons. The largest absolute Gasteiger partial charge is 0.462 e. The molecule has 0 bridgehead atoms. The molecule has 2 aromatic carbocycles. The van der Waals surface area contributed by atoms with E-state index >= 15 is 0 Å². The predicted molar refractivity (Wildman–Crippen MR) is 120 cm³/mol. The first-order valence-electron chi connectivity index (χ1n) is 10.8. The first kappa shape index (κ1) is 22.1. The van der Waals surface area contributed by atoms with Gasteiger partial charge in [0.1, 0.15) is 5.82 Å². The Kier molecular flexibility index (Phi) is 6.43. The lowest BCUT2D eigenvalue weighted by atomic mass is 10.1. The second kappa shape index (κ2) is 9.60. The first-order valence-corrected chi connectivity index (χ1v) is 10.8. The summed E-state index contributed by atoms with van der Waals surface area (Å²) >= 11 is 0. The maximum absolute atomic E-state index is 12.9. The first-order chi connectivity index (χ1) is 16.0. The molecule has 0 spiro atoms. The maximum atomic E-state index is 12.9. The van der Waals surface area contributed by atoms with Gasteiger partial charge in [0.2, 0.25) is 0 Å². The van der Waals surface area contributed by atoms with Gasteiger partial charge in [0, 0.05) is 41.9 Å². The Balaban J connectivity index is 1.60. The van der Waals surface area contributed by atoms with Crippen molar-refractivity contribution in [1.29, 1.82) is 0 Å². The van der Waals surface area contributed by atoms with E-state index in [0.29, 0.717) is 5.69 Å². The van der Waals surface area contributed by atoms with Crippen molar-refractivity contribution in [3.05, 3.63) is 69.5 Å². The molecule has 0 aliphatic carbocycles. The summed E-state index contributed by atoms with van der Waals surface area (Å²) in [5.41, 5.74) is 0.850. The number of aromatic nitrogens is 3. The summed E-state index contributed by atoms with van der Waals surface area (Å²) in [5.74, 6) is 0.384. The number of hydrogen-bond acceptors (Lipinski definition) is 7. The van der Waals surface area contributed by atoms with E-state index in [9.17, 15) is 19.7 Å². The number of benzene rings is 2. The second-order valence-electron chi connectivity index (χ2n) is 7.68. The standard InChI is InChI=1S/C23H23N5O5/c1-2-33-23(30)17-11-16(13-19(14-17)28(31)32)22(29)24-18-8-6-7-15(12-18)21-26-25-20-9-4-3-5-10-27(20)21/h6-8,11-14H,2-5,9-10H2,1H3,(H,24,29). The monoisotopic (exact) mass is 449 g/mol. The Morgan fingerprint density at radius 2 is 1.94 bits per heavy atom. The molecule has 4 rings (SSSR count). The van der Waals surface area contributed by atoms with Crippen LogP contribution in [0.25, 0.3) is 11.4 Å². The number of amides is 1. The van der Waals surface area contributed by atoms with Gasteiger partial charge in [0.25, 0.3) is 11.6 Å². The van der Waals surface area contributed by atoms with E-state index in [1.165, 1.54) is 6.07 Å². The highest BCUT2D eigenvalue weighted by Gasteiger charge is 2.20. The summed E-state index contributed by atoms with van der Waals surface area (Å²) in [4.78, 5) is 35.6. The quantitative estimate of drug-likeness (QED) is 0.342. The number of nitrogens with zero attached hydrogens (tertiary/aromatic N) is 4. The van der Waals surface area contributed by atoms with Gasteiger partial charge in [0.15, 0.2) is 5.82 Å². The van der Waals surface area contributed by atoms with Crippen molar-refractivity contribution in [3.8, 4) is 11.4 Å². The van der Waals surface area contributed by atoms with E-state index in [0.717, 1.165) is 61.6 Å². The molecule has 10 heteroatoms. The van der Waals surface area contributed by atoms with Gasteiger partial charge in [-0.25, -0.2) is 4.79 Å². The van der Waals surface area contributed by atoms with Crippen LogP contribution in [0.15, 0.2) is 42.5 Å². The molecule has 0 fully saturated rings. The molecule has 1 aliphatic heterocycles. The molecule has 1 amide bonds. The molecule has 1 N–H and O–H groups in total. The van der Waals surface area contributed by atoms with E-state index in [1.54, 1.807) is 25.1 Å². The third-order valence-electron chi connectivity index (χ3n) is 5.39. The van der Waals surface area contributed by atoms with Crippen LogP contribution in [0, 0.1) is 10.1 Å². The van der Waals surface area contributed by atoms with E-state index in [2.05, 4.69) is 20.1 Å². The molecule has 3 aromatic rings. The van der Waals surface area contributed by atoms with Gasteiger partial charge in [-0.15, -0.1) is 10.2 Å². The maximum Gasteiger partial charge on any atom is 0.338 e. The second-order valence-corrected chi connectivity index (χ2v) is 7.68. The number of anilines is 1. The SMILES string of the molecule is CCOC(=O)c1cc(C(=O)Nc2cccc(-c3nnc4n3CCCCC4)c2)cc([N+](=O)[O-])c1. The van der Waals surface area contributed by atoms with E-state index in [1.807, 2.05) is 6.07 Å². The van der Waals surface area contributed by atoms with Crippen molar-refractivity contribution in [1.82, 2.24) is 14.8 Å². The lowest BCUT2D eigenvalue weighted by Crippen LogP contribution is -2.14. The van der Waals surface area contributed by atoms with Crippen LogP contribution in [0.1, 0.15) is 52.7 Å². The van der Waals surface area contributed by atoms with Crippen molar-refractivity contribution in [2.24, 2.45) is 0 Å². The normalized spacial score (nSPS) is 13.0. The summed E-state index contributed by atoms with van der Waals surface area (Å²) in [6.07, 6.45) is 4.18. The van der Waals surface area contributed by atoms with Gasteiger partial charge in [-0.2, -0.15) is 0 Å². The van der Waals surface area contributed by atoms with Gasteiger partial charge in [-0.05, 0) is 38.0 Å². The highest BCUT2D eigenvalue weighted by molar-refractivity contribution is 6.06. The summed E-state index contributed by atoms with van der Waals surface area (Å²) < 4.78 is 7.03. The minimum Gasteiger partial charge on any atom is -0.462 e. The summed E-state index contributed by atoms with van der Waals surface area (Å²) in [6, 6.07) is 10.7. The zero-order valence-corrected chi connectivity index (χ0v) is 18.1. The average molecular weight is 449 g/mol. The van der Waals surface area contributed by atoms with Crippen LogP contribution in [0.2, 0.25) is 0 Å². The molecule has 170 valence electrons. The number of carbonyl (C=O) groups is 2. The molecule has 33 heavy (non-hydrogen) atoms. The highest BCUT2D eigenvalue weighted by Crippen LogP contribution is 2.26. The zero-order valence-electron chi connectivity index (χ0n) is 18.1. The van der Waals surface area contributed by atoms with Crippen molar-refractivity contribution < 1.29 is 19.2 Å². The number of rotatable bonds is 6. The fourth-order valence-electron chi connectivity index (χ4n) is 3.82. The molecule has 0 unspecified atom stereocenters. The number of fused-ring (bicyclic) bond motifs is 1. The van der Waals surface area contributed by atoms with Crippen molar-refractivity contribution in [2.45, 2.75) is 39.2 Å². The smallest absolute Gasteiger partial charge is 0.338 e. The Labute approximate surface area is 189 Å². The number of nitrogens with one attached hydrogen (secondary N) is 1. The molecule has 0 atom stereocenters. The number of carbonyl (C=O) groups excluding carboxylic acids is 2. The summed E-state index contributed by atoms with van der Waals surface area (Å²) in [7, 11) is 0. The fourth-order valence-corrected chi connectivity index (χ4v) is 3.82. The van der Waals surface area contributed by atoms with Crippen molar-refractivity contribution in [3.63, 3.8) is 0 Å². The number of ether oxygens (including phenoxy) is 1. The number of aryl methyl sites for hydroxylation is 1. The minimum absolute atomic E-state index is 0.0194. The van der Waals surface area contributed by atoms with Gasteiger partial charge >= 0.3 is 5.97 Å². The lowest BCUT2D eigenvalue weighted by Gasteiger charge is -2.10. The van der Waals surface area contributed by atoms with Crippen LogP contribution in [0.3, 0.4) is 0 Å². The van der Waals surface area contributed by atoms with E-state index < -0.39 is 16.8 Å². The Morgan fingerprint density at radius 3 is 2.73 bits per heavy atom. The van der Waals surface area contributed by atoms with E-state index in [-0.39, 0.29) is 23.4 Å². The number of nitro benzene ring substituents is 1. The van der Waals surface area contributed by atoms with Gasteiger partial charge < -0.3 is 14.6 Å². The van der Waals surface area contributed by atoms with Gasteiger partial charge in [-0.1, -0.05) is 18.6 Å². The molecular weight excluding hydrogens is 426 g/mol. The lowest BCUT2D eigenvalue weighted by molar-refractivity contribution is -0.384. The summed E-state index contributed by atoms with van der Waals surface area (Å²) in [6.45, 7) is 2.59. The predicted octanol–water partition coefficient (Wildman–Crippen LogP) is 4.01. The van der Waals surface area contributed by atoms with Gasteiger partial charge in [0.05, 0.1) is 17.1 Å². The minimum atomic E-state index is -0.732. The molecular formula is C23H23N5O5. The topological polar surface area (TPSA) is 129 Å². The number of esters is 1. The number of hydrogen-bond donors (Lipinski definition) is 1. The van der Waals surface area contributed by atoms with Gasteiger partial charge in [-0.3, -0.25) is 14.9 Å². The Bertz CT molecular complexity index is 1220. The molecule has 0 saturated carbocycles. The Morgan fingerprint density at radius 1 is 1.12 bits per heavy atom. The third kappa shape index (κ3) is 4.89. The van der Waals surface area contributed by atoms with Crippen LogP contribution in [-0.4, -0.2) is 38.2 Å². The van der Waals surface area contributed by atoms with Crippen LogP contribution < -0.4 is 5.32 Å². The fraction of sp³-hybridized carbons (Fsp3) is 0.304. The molecule has 0 saturated heterocycles. The Hall–Kier alpha value is -4.08. The van der Waals surface area contributed by atoms with Crippen molar-refractivity contribution in [2.75, 3.05) is 11.9 Å². The van der Waals surface area contributed by atoms with E-state index in [4.69, 9.17) is 4.74 Å². The number of non-ortho nitro benzene ring substituents is 1. The molecule has 2 heterocycles. The molecule has 1 aromatic heterocycles. The highest BCUT2D eigenvalue weighted by atomic mass is 16.6. The molecule has 1 aliphatic rings. The average Bonchev–Trinajstić information content (AvgIpc) is 3.07. The van der Waals surface area contributed by atoms with Crippen LogP contribution in [0.5, 0.6) is 0 Å². The summed E-state index contributed by atoms with van der Waals surface area (Å²) in [5, 5.41) is 22.7. The third-order valence-corrected chi connectivity index (χ3v) is 5.39. The molecule has 10 nitrogen and oxygen atoms in total. The van der Waals surface area contributed by atoms with Crippen LogP contribution in [0.4, 0.5) is 11.4 Å². The van der Waals surface area contributed by atoms with Crippen molar-refractivity contribution >= 4 is 23.3 Å². The number of nitro groups is 1. The van der Waals surface area contributed by atoms with Crippen LogP contribution >= 0.6 is 0 Å². The van der Waals surface area contributed by atoms with Crippen LogP contribution in [-0.2, 0) is 17.7 Å².